The molecule has 2 heterocycles. The summed E-state index contributed by atoms with van der Waals surface area (Å²) in [6.07, 6.45) is 4.35. The molecule has 1 amide bonds. The van der Waals surface area contributed by atoms with Crippen molar-refractivity contribution in [1.29, 1.82) is 5.26 Å². The largest absolute Gasteiger partial charge is 0.496 e. The van der Waals surface area contributed by atoms with Crippen molar-refractivity contribution in [2.75, 3.05) is 39.8 Å². The molecular weight excluding hydrogens is 404 g/mol. The second-order valence-corrected chi connectivity index (χ2v) is 7.79. The van der Waals surface area contributed by atoms with Gasteiger partial charge in [-0.3, -0.25) is 9.69 Å². The van der Waals surface area contributed by atoms with Crippen LogP contribution in [0, 0.1) is 11.3 Å². The molecule has 2 aromatic carbocycles. The summed E-state index contributed by atoms with van der Waals surface area (Å²) in [7, 11) is 1.65. The van der Waals surface area contributed by atoms with Crippen LogP contribution < -0.4 is 4.74 Å². The van der Waals surface area contributed by atoms with E-state index in [4.69, 9.17) is 10.00 Å². The maximum atomic E-state index is 12.8. The Labute approximate surface area is 187 Å². The van der Waals surface area contributed by atoms with E-state index in [1.165, 1.54) is 6.33 Å². The first-order valence-electron chi connectivity index (χ1n) is 10.7. The lowest BCUT2D eigenvalue weighted by Crippen LogP contribution is -2.49. The molecule has 8 nitrogen and oxygen atoms in total. The van der Waals surface area contributed by atoms with Gasteiger partial charge in [-0.05, 0) is 47.9 Å². The molecule has 8 heteroatoms. The zero-order valence-corrected chi connectivity index (χ0v) is 18.1. The maximum absolute atomic E-state index is 12.8. The molecular formula is C24H26N6O2. The lowest BCUT2D eigenvalue weighted by molar-refractivity contribution is -0.132. The average Bonchev–Trinajstić information content (AvgIpc) is 3.38. The topological polar surface area (TPSA) is 87.3 Å². The number of piperazine rings is 1. The van der Waals surface area contributed by atoms with Gasteiger partial charge in [-0.25, -0.2) is 9.67 Å². The van der Waals surface area contributed by atoms with Crippen LogP contribution in [0.3, 0.4) is 0 Å². The number of hydrogen-bond donors (Lipinski definition) is 0. The van der Waals surface area contributed by atoms with Crippen LogP contribution in [-0.2, 0) is 17.6 Å². The number of ether oxygens (including phenoxy) is 1. The SMILES string of the molecule is COc1ccc(C#N)cc1CCN1CCN(C(=O)Cc2ccc(-n3cncn3)cc2)CC1. The van der Waals surface area contributed by atoms with Gasteiger partial charge in [-0.2, -0.15) is 10.4 Å². The molecule has 1 aliphatic heterocycles. The van der Waals surface area contributed by atoms with Gasteiger partial charge in [0.25, 0.3) is 0 Å². The van der Waals surface area contributed by atoms with Gasteiger partial charge in [0.1, 0.15) is 18.4 Å². The van der Waals surface area contributed by atoms with Crippen LogP contribution >= 0.6 is 0 Å². The highest BCUT2D eigenvalue weighted by atomic mass is 16.5. The van der Waals surface area contributed by atoms with Crippen LogP contribution in [-0.4, -0.2) is 70.3 Å². The van der Waals surface area contributed by atoms with E-state index in [1.807, 2.05) is 41.3 Å². The number of aromatic nitrogens is 3. The quantitative estimate of drug-likeness (QED) is 0.570. The minimum absolute atomic E-state index is 0.154. The normalized spacial score (nSPS) is 14.2. The Kier molecular flexibility index (Phi) is 6.78. The van der Waals surface area contributed by atoms with Gasteiger partial charge >= 0.3 is 0 Å². The number of amides is 1. The number of nitriles is 1. The molecule has 4 rings (SSSR count). The number of carbonyl (C=O) groups is 1. The fourth-order valence-electron chi connectivity index (χ4n) is 3.94. The van der Waals surface area contributed by atoms with Crippen LogP contribution in [0.2, 0.25) is 0 Å². The van der Waals surface area contributed by atoms with Crippen LogP contribution in [0.5, 0.6) is 5.75 Å². The monoisotopic (exact) mass is 430 g/mol. The Balaban J connectivity index is 1.26. The summed E-state index contributed by atoms with van der Waals surface area (Å²) in [4.78, 5) is 21.0. The standard InChI is InChI=1S/C24H26N6O2/c1-32-23-7-4-20(16-25)14-21(23)8-9-28-10-12-29(13-11-28)24(31)15-19-2-5-22(6-3-19)30-18-26-17-27-30/h2-7,14,17-18H,8-13,15H2,1H3. The van der Waals surface area contributed by atoms with Crippen LogP contribution in [0.4, 0.5) is 0 Å². The van der Waals surface area contributed by atoms with Crippen LogP contribution in [0.1, 0.15) is 16.7 Å². The number of nitrogens with zero attached hydrogens (tertiary/aromatic N) is 6. The van der Waals surface area contributed by atoms with E-state index in [1.54, 1.807) is 24.2 Å². The second-order valence-electron chi connectivity index (χ2n) is 7.79. The first-order chi connectivity index (χ1) is 15.7. The Hall–Kier alpha value is -3.70. The van der Waals surface area contributed by atoms with E-state index in [-0.39, 0.29) is 5.91 Å². The predicted octanol–water partition coefficient (Wildman–Crippen LogP) is 2.08. The van der Waals surface area contributed by atoms with E-state index in [0.717, 1.165) is 61.7 Å². The highest BCUT2D eigenvalue weighted by Crippen LogP contribution is 2.21. The summed E-state index contributed by atoms with van der Waals surface area (Å²) < 4.78 is 7.12. The van der Waals surface area contributed by atoms with E-state index < -0.39 is 0 Å². The first-order valence-corrected chi connectivity index (χ1v) is 10.7. The van der Waals surface area contributed by atoms with Crippen LogP contribution in [0.15, 0.2) is 55.1 Å². The van der Waals surface area contributed by atoms with Crippen molar-refractivity contribution in [3.8, 4) is 17.5 Å². The minimum Gasteiger partial charge on any atom is -0.496 e. The minimum atomic E-state index is 0.154. The zero-order valence-electron chi connectivity index (χ0n) is 18.1. The van der Waals surface area contributed by atoms with Crippen molar-refractivity contribution in [3.05, 3.63) is 71.8 Å². The first kappa shape index (κ1) is 21.5. The van der Waals surface area contributed by atoms with Gasteiger partial charge in [-0.15, -0.1) is 0 Å². The molecule has 0 saturated carbocycles. The number of methoxy groups -OCH3 is 1. The molecule has 0 radical (unpaired) electrons. The van der Waals surface area contributed by atoms with Crippen molar-refractivity contribution in [2.45, 2.75) is 12.8 Å². The third kappa shape index (κ3) is 5.13. The summed E-state index contributed by atoms with van der Waals surface area (Å²) in [5.41, 5.74) is 3.60. The van der Waals surface area contributed by atoms with Gasteiger partial charge in [-0.1, -0.05) is 12.1 Å². The predicted molar refractivity (Wildman–Crippen MR) is 119 cm³/mol. The van der Waals surface area contributed by atoms with Gasteiger partial charge < -0.3 is 9.64 Å². The Morgan fingerprint density at radius 1 is 1.12 bits per heavy atom. The fourth-order valence-corrected chi connectivity index (χ4v) is 3.94. The number of hydrogen-bond acceptors (Lipinski definition) is 6. The molecule has 0 N–H and O–H groups in total. The highest BCUT2D eigenvalue weighted by molar-refractivity contribution is 5.79. The molecule has 164 valence electrons. The van der Waals surface area contributed by atoms with Gasteiger partial charge in [0, 0.05) is 32.7 Å². The number of carbonyl (C=O) groups excluding carboxylic acids is 1. The van der Waals surface area contributed by atoms with Crippen molar-refractivity contribution in [2.24, 2.45) is 0 Å². The molecule has 0 unspecified atom stereocenters. The molecule has 32 heavy (non-hydrogen) atoms. The third-order valence-electron chi connectivity index (χ3n) is 5.81. The molecule has 3 aromatic rings. The Bertz CT molecular complexity index is 1080. The second kappa shape index (κ2) is 10.1. The lowest BCUT2D eigenvalue weighted by atomic mass is 10.1. The van der Waals surface area contributed by atoms with Gasteiger partial charge in [0.15, 0.2) is 0 Å². The number of rotatable bonds is 7. The molecule has 0 bridgehead atoms. The van der Waals surface area contributed by atoms with Crippen LogP contribution in [0.25, 0.3) is 5.69 Å². The maximum Gasteiger partial charge on any atom is 0.227 e. The molecule has 1 fully saturated rings. The van der Waals surface area contributed by atoms with Crippen molar-refractivity contribution in [3.63, 3.8) is 0 Å². The molecule has 1 aliphatic rings. The van der Waals surface area contributed by atoms with Crippen molar-refractivity contribution >= 4 is 5.91 Å². The fraction of sp³-hybridized carbons (Fsp3) is 0.333. The highest BCUT2D eigenvalue weighted by Gasteiger charge is 2.21. The van der Waals surface area contributed by atoms with E-state index in [0.29, 0.717) is 12.0 Å². The molecule has 1 aromatic heterocycles. The Morgan fingerprint density at radius 2 is 1.91 bits per heavy atom. The summed E-state index contributed by atoms with van der Waals surface area (Å²) in [6, 6.07) is 15.5. The van der Waals surface area contributed by atoms with Crippen molar-refractivity contribution in [1.82, 2.24) is 24.6 Å². The smallest absolute Gasteiger partial charge is 0.227 e. The third-order valence-corrected chi connectivity index (χ3v) is 5.81. The molecule has 0 aliphatic carbocycles. The average molecular weight is 431 g/mol. The zero-order chi connectivity index (χ0) is 22.3. The van der Waals surface area contributed by atoms with E-state index in [9.17, 15) is 4.79 Å². The summed E-state index contributed by atoms with van der Waals surface area (Å²) in [6.45, 7) is 4.02. The van der Waals surface area contributed by atoms with E-state index >= 15 is 0 Å². The number of benzene rings is 2. The summed E-state index contributed by atoms with van der Waals surface area (Å²) >= 11 is 0. The summed E-state index contributed by atoms with van der Waals surface area (Å²) in [5, 5.41) is 13.3. The van der Waals surface area contributed by atoms with Crippen molar-refractivity contribution < 1.29 is 9.53 Å². The lowest BCUT2D eigenvalue weighted by Gasteiger charge is -2.35. The molecule has 1 saturated heterocycles. The molecule has 0 atom stereocenters. The van der Waals surface area contributed by atoms with Gasteiger partial charge in [0.05, 0.1) is 30.9 Å². The Morgan fingerprint density at radius 3 is 2.56 bits per heavy atom. The summed E-state index contributed by atoms with van der Waals surface area (Å²) in [5.74, 6) is 0.967. The molecule has 0 spiro atoms. The van der Waals surface area contributed by atoms with Gasteiger partial charge in [0.2, 0.25) is 5.91 Å². The van der Waals surface area contributed by atoms with E-state index in [2.05, 4.69) is 21.1 Å².